The molecule has 2 atom stereocenters. The molecule has 0 saturated carbocycles. The molecule has 1 nitrogen and oxygen atoms in total. The molecule has 0 fully saturated rings. The van der Waals surface area contributed by atoms with E-state index in [1.54, 1.807) is 0 Å². The van der Waals surface area contributed by atoms with Crippen molar-refractivity contribution in [1.82, 2.24) is 0 Å². The summed E-state index contributed by atoms with van der Waals surface area (Å²) in [7, 11) is 0. The van der Waals surface area contributed by atoms with E-state index in [0.717, 1.165) is 13.0 Å². The summed E-state index contributed by atoms with van der Waals surface area (Å²) in [6.07, 6.45) is 2.35. The number of hydrogen-bond acceptors (Lipinski definition) is 1. The lowest BCUT2D eigenvalue weighted by Gasteiger charge is -2.21. The Kier molecular flexibility index (Phi) is 9.08. The van der Waals surface area contributed by atoms with Gasteiger partial charge in [0, 0.05) is 18.4 Å². The normalized spacial score (nSPS) is 16.4. The third-order valence-corrected chi connectivity index (χ3v) is 4.51. The van der Waals surface area contributed by atoms with Gasteiger partial charge >= 0.3 is 0 Å². The maximum Gasteiger partial charge on any atom is 0.0839 e. The molecule has 0 radical (unpaired) electrons. The van der Waals surface area contributed by atoms with Crippen molar-refractivity contribution < 1.29 is 4.74 Å². The topological polar surface area (TPSA) is 9.23 Å². The van der Waals surface area contributed by atoms with Gasteiger partial charge in [-0.1, -0.05) is 43.4 Å². The molecule has 0 aliphatic heterocycles. The summed E-state index contributed by atoms with van der Waals surface area (Å²) in [5.41, 5.74) is 0.385. The highest BCUT2D eigenvalue weighted by molar-refractivity contribution is 14.1. The fourth-order valence-corrected chi connectivity index (χ4v) is 2.45. The lowest BCUT2D eigenvalue weighted by atomic mass is 9.91. The second kappa shape index (κ2) is 8.37. The SMILES string of the molecule is CC(C)(C)CCCOC(CCl)C(I)CCl. The fourth-order valence-electron chi connectivity index (χ4n) is 1.18. The molecule has 0 rings (SSSR count). The van der Waals surface area contributed by atoms with E-state index < -0.39 is 0 Å². The first-order valence-corrected chi connectivity index (χ1v) is 7.60. The lowest BCUT2D eigenvalue weighted by molar-refractivity contribution is 0.0654. The zero-order valence-electron chi connectivity index (χ0n) is 9.73. The van der Waals surface area contributed by atoms with E-state index in [9.17, 15) is 0 Å². The van der Waals surface area contributed by atoms with Crippen molar-refractivity contribution in [3.8, 4) is 0 Å². The number of alkyl halides is 3. The molecule has 0 saturated heterocycles. The quantitative estimate of drug-likeness (QED) is 0.366. The Morgan fingerprint density at radius 2 is 1.80 bits per heavy atom. The minimum Gasteiger partial charge on any atom is -0.376 e. The van der Waals surface area contributed by atoms with Crippen LogP contribution in [-0.4, -0.2) is 28.4 Å². The lowest BCUT2D eigenvalue weighted by Crippen LogP contribution is -2.28. The summed E-state index contributed by atoms with van der Waals surface area (Å²) in [6, 6.07) is 0. The van der Waals surface area contributed by atoms with Crippen LogP contribution in [0.4, 0.5) is 0 Å². The van der Waals surface area contributed by atoms with Crippen LogP contribution in [0.3, 0.4) is 0 Å². The fraction of sp³-hybridized carbons (Fsp3) is 1.00. The standard InChI is InChI=1S/C11H21Cl2IO/c1-11(2,3)5-4-6-15-10(8-13)9(14)7-12/h9-10H,4-8H2,1-3H3. The zero-order chi connectivity index (χ0) is 11.9. The van der Waals surface area contributed by atoms with E-state index in [1.807, 2.05) is 0 Å². The van der Waals surface area contributed by atoms with Crippen molar-refractivity contribution >= 4 is 45.8 Å². The van der Waals surface area contributed by atoms with Crippen LogP contribution in [0.15, 0.2) is 0 Å². The Morgan fingerprint density at radius 1 is 1.20 bits per heavy atom. The van der Waals surface area contributed by atoms with Crippen molar-refractivity contribution in [1.29, 1.82) is 0 Å². The molecule has 0 aromatic heterocycles. The maximum atomic E-state index is 5.82. The Morgan fingerprint density at radius 3 is 2.20 bits per heavy atom. The van der Waals surface area contributed by atoms with Crippen LogP contribution in [0, 0.1) is 5.41 Å². The van der Waals surface area contributed by atoms with Crippen LogP contribution in [0.25, 0.3) is 0 Å². The van der Waals surface area contributed by atoms with Gasteiger partial charge in [0.2, 0.25) is 0 Å². The van der Waals surface area contributed by atoms with Crippen LogP contribution in [-0.2, 0) is 4.74 Å². The van der Waals surface area contributed by atoms with Gasteiger partial charge in [-0.15, -0.1) is 23.2 Å². The van der Waals surface area contributed by atoms with Gasteiger partial charge in [0.1, 0.15) is 0 Å². The summed E-state index contributed by atoms with van der Waals surface area (Å²) >= 11 is 13.9. The van der Waals surface area contributed by atoms with Crippen molar-refractivity contribution in [2.45, 2.75) is 43.6 Å². The van der Waals surface area contributed by atoms with Crippen LogP contribution in [0.2, 0.25) is 0 Å². The number of hydrogen-bond donors (Lipinski definition) is 0. The largest absolute Gasteiger partial charge is 0.376 e. The molecule has 92 valence electrons. The predicted molar refractivity (Wildman–Crippen MR) is 77.7 cm³/mol. The first-order valence-electron chi connectivity index (χ1n) is 5.28. The molecule has 0 aromatic rings. The van der Waals surface area contributed by atoms with Gasteiger partial charge < -0.3 is 4.74 Å². The predicted octanol–water partition coefficient (Wildman–Crippen LogP) is 4.48. The molecule has 15 heavy (non-hydrogen) atoms. The smallest absolute Gasteiger partial charge is 0.0839 e. The summed E-state index contributed by atoms with van der Waals surface area (Å²) < 4.78 is 6.02. The van der Waals surface area contributed by atoms with E-state index in [4.69, 9.17) is 27.9 Å². The highest BCUT2D eigenvalue weighted by atomic mass is 127. The average molecular weight is 367 g/mol. The molecular weight excluding hydrogens is 346 g/mol. The van der Waals surface area contributed by atoms with Crippen molar-refractivity contribution in [3.05, 3.63) is 0 Å². The van der Waals surface area contributed by atoms with Gasteiger partial charge in [-0.3, -0.25) is 0 Å². The molecule has 0 aliphatic rings. The van der Waals surface area contributed by atoms with Crippen LogP contribution < -0.4 is 0 Å². The Labute approximate surface area is 117 Å². The van der Waals surface area contributed by atoms with Gasteiger partial charge in [0.25, 0.3) is 0 Å². The van der Waals surface area contributed by atoms with E-state index in [-0.39, 0.29) is 6.10 Å². The minimum atomic E-state index is 0.0877. The van der Waals surface area contributed by atoms with E-state index in [2.05, 4.69) is 43.4 Å². The highest BCUT2D eigenvalue weighted by Crippen LogP contribution is 2.21. The van der Waals surface area contributed by atoms with Gasteiger partial charge in [-0.2, -0.15) is 0 Å². The summed E-state index contributed by atoms with van der Waals surface area (Å²) in [5.74, 6) is 1.12. The second-order valence-corrected chi connectivity index (χ2v) is 7.12. The number of ether oxygens (including phenoxy) is 1. The van der Waals surface area contributed by atoms with Crippen LogP contribution in [0.5, 0.6) is 0 Å². The first-order chi connectivity index (χ1) is 6.90. The van der Waals surface area contributed by atoms with Gasteiger partial charge in [-0.05, 0) is 18.3 Å². The Hall–Kier alpha value is 1.27. The van der Waals surface area contributed by atoms with E-state index >= 15 is 0 Å². The molecule has 0 N–H and O–H groups in total. The molecule has 0 heterocycles. The zero-order valence-corrected chi connectivity index (χ0v) is 13.4. The van der Waals surface area contributed by atoms with Crippen molar-refractivity contribution in [3.63, 3.8) is 0 Å². The number of rotatable bonds is 7. The van der Waals surface area contributed by atoms with Gasteiger partial charge in [-0.25, -0.2) is 0 Å². The molecule has 2 unspecified atom stereocenters. The summed E-state index contributed by atoms with van der Waals surface area (Å²) in [4.78, 5) is 0. The molecule has 0 bridgehead atoms. The average Bonchev–Trinajstić information content (AvgIpc) is 2.15. The van der Waals surface area contributed by atoms with Crippen molar-refractivity contribution in [2.24, 2.45) is 5.41 Å². The van der Waals surface area contributed by atoms with E-state index in [0.29, 0.717) is 21.1 Å². The maximum absolute atomic E-state index is 5.82. The van der Waals surface area contributed by atoms with Crippen LogP contribution in [0.1, 0.15) is 33.6 Å². The molecule has 0 aromatic carbocycles. The molecule has 0 aliphatic carbocycles. The third-order valence-electron chi connectivity index (χ3n) is 2.11. The van der Waals surface area contributed by atoms with Gasteiger partial charge in [0.15, 0.2) is 0 Å². The minimum absolute atomic E-state index is 0.0877. The third kappa shape index (κ3) is 9.02. The van der Waals surface area contributed by atoms with Crippen LogP contribution >= 0.6 is 45.8 Å². The van der Waals surface area contributed by atoms with Gasteiger partial charge in [0.05, 0.1) is 10.0 Å². The summed E-state index contributed by atoms with van der Waals surface area (Å²) in [6.45, 7) is 7.51. The number of halogens is 3. The molecular formula is C11H21Cl2IO. The molecule has 0 amide bonds. The summed E-state index contributed by atoms with van der Waals surface area (Å²) in [5, 5.41) is 0. The highest BCUT2D eigenvalue weighted by Gasteiger charge is 2.18. The second-order valence-electron chi connectivity index (χ2n) is 4.90. The van der Waals surface area contributed by atoms with Crippen molar-refractivity contribution in [2.75, 3.05) is 18.4 Å². The molecule has 0 spiro atoms. The van der Waals surface area contributed by atoms with E-state index in [1.165, 1.54) is 6.42 Å². The monoisotopic (exact) mass is 366 g/mol. The first kappa shape index (κ1) is 16.3. The molecule has 4 heteroatoms. The Balaban J connectivity index is 3.64. The Bertz CT molecular complexity index is 159.